The Morgan fingerprint density at radius 1 is 1.20 bits per heavy atom. The maximum atomic E-state index is 9.95. The monoisotopic (exact) mass is 270 g/mol. The minimum atomic E-state index is 0.150. The van der Waals surface area contributed by atoms with Gasteiger partial charge < -0.3 is 9.84 Å². The highest BCUT2D eigenvalue weighted by molar-refractivity contribution is 6.01. The summed E-state index contributed by atoms with van der Waals surface area (Å²) in [6.07, 6.45) is 0. The minimum absolute atomic E-state index is 0.150. The second-order valence-electron chi connectivity index (χ2n) is 4.56. The average Bonchev–Trinajstić information content (AvgIpc) is 2.44. The van der Waals surface area contributed by atoms with Gasteiger partial charge in [0.15, 0.2) is 0 Å². The molecule has 0 heterocycles. The van der Waals surface area contributed by atoms with Crippen LogP contribution in [0.15, 0.2) is 47.6 Å². The van der Waals surface area contributed by atoms with E-state index in [2.05, 4.69) is 10.5 Å². The third-order valence-corrected chi connectivity index (χ3v) is 2.97. The van der Waals surface area contributed by atoms with Gasteiger partial charge in [-0.2, -0.15) is 5.10 Å². The first-order chi connectivity index (χ1) is 9.60. The number of rotatable bonds is 4. The number of hydrogen-bond acceptors (Lipinski definition) is 4. The summed E-state index contributed by atoms with van der Waals surface area (Å²) in [5.41, 5.74) is 6.43. The van der Waals surface area contributed by atoms with Gasteiger partial charge in [0.1, 0.15) is 11.5 Å². The molecule has 0 spiro atoms. The highest BCUT2D eigenvalue weighted by Crippen LogP contribution is 2.24. The van der Waals surface area contributed by atoms with E-state index >= 15 is 0 Å². The minimum Gasteiger partial charge on any atom is -0.507 e. The molecule has 0 aliphatic carbocycles. The van der Waals surface area contributed by atoms with Crippen molar-refractivity contribution in [2.75, 3.05) is 12.5 Å². The summed E-state index contributed by atoms with van der Waals surface area (Å²) < 4.78 is 5.06. The summed E-state index contributed by atoms with van der Waals surface area (Å²) in [4.78, 5) is 0. The van der Waals surface area contributed by atoms with Crippen LogP contribution in [0.3, 0.4) is 0 Å². The predicted octanol–water partition coefficient (Wildman–Crippen LogP) is 3.55. The van der Waals surface area contributed by atoms with Gasteiger partial charge in [0.25, 0.3) is 0 Å². The van der Waals surface area contributed by atoms with E-state index < -0.39 is 0 Å². The van der Waals surface area contributed by atoms with E-state index in [0.717, 1.165) is 11.3 Å². The van der Waals surface area contributed by atoms with Crippen LogP contribution in [0.5, 0.6) is 11.5 Å². The Hall–Kier alpha value is -2.49. The van der Waals surface area contributed by atoms with E-state index in [4.69, 9.17) is 4.74 Å². The van der Waals surface area contributed by atoms with Crippen LogP contribution in [-0.4, -0.2) is 17.9 Å². The number of hydrogen-bond donors (Lipinski definition) is 2. The van der Waals surface area contributed by atoms with Crippen molar-refractivity contribution in [1.82, 2.24) is 0 Å². The third-order valence-electron chi connectivity index (χ3n) is 2.97. The molecule has 2 N–H and O–H groups in total. The second-order valence-corrected chi connectivity index (χ2v) is 4.56. The normalized spacial score (nSPS) is 11.2. The Balaban J connectivity index is 2.18. The molecular formula is C16H18N2O2. The van der Waals surface area contributed by atoms with Gasteiger partial charge in [0.2, 0.25) is 0 Å². The van der Waals surface area contributed by atoms with Gasteiger partial charge in [-0.1, -0.05) is 12.1 Å². The number of ether oxygens (including phenoxy) is 1. The lowest BCUT2D eigenvalue weighted by Gasteiger charge is -2.07. The van der Waals surface area contributed by atoms with Crippen LogP contribution in [0.2, 0.25) is 0 Å². The van der Waals surface area contributed by atoms with Gasteiger partial charge in [0, 0.05) is 11.6 Å². The number of aryl methyl sites for hydroxylation is 1. The summed E-state index contributed by atoms with van der Waals surface area (Å²) in [5, 5.41) is 14.2. The smallest absolute Gasteiger partial charge is 0.128 e. The molecule has 4 nitrogen and oxygen atoms in total. The molecule has 0 aliphatic heterocycles. The molecule has 0 saturated heterocycles. The number of nitrogens with zero attached hydrogens (tertiary/aromatic N) is 1. The summed E-state index contributed by atoms with van der Waals surface area (Å²) in [6, 6.07) is 13.1. The molecule has 0 atom stereocenters. The fourth-order valence-corrected chi connectivity index (χ4v) is 1.87. The Kier molecular flexibility index (Phi) is 4.25. The zero-order valence-corrected chi connectivity index (χ0v) is 11.8. The van der Waals surface area contributed by atoms with Gasteiger partial charge in [-0.05, 0) is 43.7 Å². The number of phenolic OH excluding ortho intramolecular Hbond substituents is 1. The van der Waals surface area contributed by atoms with E-state index in [1.165, 1.54) is 0 Å². The van der Waals surface area contributed by atoms with Crippen LogP contribution in [0.25, 0.3) is 0 Å². The molecule has 104 valence electrons. The zero-order valence-electron chi connectivity index (χ0n) is 11.8. The number of hydrazone groups is 1. The fourth-order valence-electron chi connectivity index (χ4n) is 1.87. The lowest BCUT2D eigenvalue weighted by Crippen LogP contribution is -2.00. The molecule has 0 aromatic heterocycles. The lowest BCUT2D eigenvalue weighted by atomic mass is 10.1. The Morgan fingerprint density at radius 3 is 2.65 bits per heavy atom. The predicted molar refractivity (Wildman–Crippen MR) is 81.7 cm³/mol. The Bertz CT molecular complexity index is 636. The van der Waals surface area contributed by atoms with Crippen molar-refractivity contribution < 1.29 is 9.84 Å². The maximum Gasteiger partial charge on any atom is 0.128 e. The molecule has 0 amide bonds. The summed E-state index contributed by atoms with van der Waals surface area (Å²) in [7, 11) is 1.56. The molecule has 0 unspecified atom stereocenters. The fraction of sp³-hybridized carbons (Fsp3) is 0.188. The van der Waals surface area contributed by atoms with Crippen molar-refractivity contribution in [3.63, 3.8) is 0 Å². The second kappa shape index (κ2) is 6.10. The molecular weight excluding hydrogens is 252 g/mol. The first-order valence-corrected chi connectivity index (χ1v) is 6.34. The van der Waals surface area contributed by atoms with Gasteiger partial charge in [-0.15, -0.1) is 0 Å². The summed E-state index contributed by atoms with van der Waals surface area (Å²) in [5.74, 6) is 0.766. The average molecular weight is 270 g/mol. The first-order valence-electron chi connectivity index (χ1n) is 6.34. The molecule has 2 rings (SSSR count). The lowest BCUT2D eigenvalue weighted by molar-refractivity contribution is 0.407. The third kappa shape index (κ3) is 3.29. The van der Waals surface area contributed by atoms with Crippen molar-refractivity contribution in [3.05, 3.63) is 53.6 Å². The van der Waals surface area contributed by atoms with Crippen molar-refractivity contribution in [2.24, 2.45) is 5.10 Å². The SMILES string of the molecule is COc1ccc(C(C)=NNc2cccc(C)c2)c(O)c1. The molecule has 0 radical (unpaired) electrons. The molecule has 4 heteroatoms. The van der Waals surface area contributed by atoms with Gasteiger partial charge in [-0.25, -0.2) is 0 Å². The standard InChI is InChI=1S/C16H18N2O2/c1-11-5-4-6-13(9-11)18-17-12(2)15-8-7-14(20-3)10-16(15)19/h4-10,18-19H,1-3H3. The zero-order chi connectivity index (χ0) is 14.5. The van der Waals surface area contributed by atoms with Crippen LogP contribution >= 0.6 is 0 Å². The molecule has 0 fully saturated rings. The number of phenols is 1. The quantitative estimate of drug-likeness (QED) is 0.660. The Morgan fingerprint density at radius 2 is 2.00 bits per heavy atom. The summed E-state index contributed by atoms with van der Waals surface area (Å²) >= 11 is 0. The van der Waals surface area contributed by atoms with Crippen LogP contribution in [0.4, 0.5) is 5.69 Å². The maximum absolute atomic E-state index is 9.95. The number of aromatic hydroxyl groups is 1. The van der Waals surface area contributed by atoms with Crippen LogP contribution < -0.4 is 10.2 Å². The number of nitrogens with one attached hydrogen (secondary N) is 1. The topological polar surface area (TPSA) is 53.8 Å². The number of benzene rings is 2. The highest BCUT2D eigenvalue weighted by Gasteiger charge is 2.06. The van der Waals surface area contributed by atoms with Crippen molar-refractivity contribution in [1.29, 1.82) is 0 Å². The molecule has 0 bridgehead atoms. The van der Waals surface area contributed by atoms with Gasteiger partial charge >= 0.3 is 0 Å². The number of methoxy groups -OCH3 is 1. The van der Waals surface area contributed by atoms with E-state index in [1.54, 1.807) is 25.3 Å². The molecule has 2 aromatic rings. The molecule has 0 saturated carbocycles. The summed E-state index contributed by atoms with van der Waals surface area (Å²) in [6.45, 7) is 3.86. The van der Waals surface area contributed by atoms with E-state index in [-0.39, 0.29) is 5.75 Å². The van der Waals surface area contributed by atoms with Crippen molar-refractivity contribution in [3.8, 4) is 11.5 Å². The van der Waals surface area contributed by atoms with Gasteiger partial charge in [0.05, 0.1) is 18.5 Å². The Labute approximate surface area is 118 Å². The largest absolute Gasteiger partial charge is 0.507 e. The van der Waals surface area contributed by atoms with E-state index in [9.17, 15) is 5.11 Å². The number of anilines is 1. The van der Waals surface area contributed by atoms with E-state index in [1.807, 2.05) is 38.1 Å². The first kappa shape index (κ1) is 13.9. The van der Waals surface area contributed by atoms with Crippen LogP contribution in [0.1, 0.15) is 18.1 Å². The van der Waals surface area contributed by atoms with Crippen LogP contribution in [0, 0.1) is 6.92 Å². The van der Waals surface area contributed by atoms with Crippen molar-refractivity contribution >= 4 is 11.4 Å². The molecule has 2 aromatic carbocycles. The molecule has 0 aliphatic rings. The van der Waals surface area contributed by atoms with Crippen LogP contribution in [-0.2, 0) is 0 Å². The van der Waals surface area contributed by atoms with E-state index in [0.29, 0.717) is 17.0 Å². The van der Waals surface area contributed by atoms with Crippen molar-refractivity contribution in [2.45, 2.75) is 13.8 Å². The van der Waals surface area contributed by atoms with Gasteiger partial charge in [-0.3, -0.25) is 5.43 Å². The highest BCUT2D eigenvalue weighted by atomic mass is 16.5. The molecule has 20 heavy (non-hydrogen) atoms.